The predicted octanol–water partition coefficient (Wildman–Crippen LogP) is 6.31. The zero-order valence-electron chi connectivity index (χ0n) is 16.7. The van der Waals surface area contributed by atoms with E-state index in [2.05, 4.69) is 68.4 Å². The first kappa shape index (κ1) is 17.8. The molecule has 1 atom stereocenters. The van der Waals surface area contributed by atoms with Crippen LogP contribution in [0.1, 0.15) is 45.7 Å². The zero-order valence-corrected chi connectivity index (χ0v) is 16.7. The summed E-state index contributed by atoms with van der Waals surface area (Å²) >= 11 is 0. The van der Waals surface area contributed by atoms with Crippen LogP contribution in [0.5, 0.6) is 0 Å². The molecule has 0 saturated heterocycles. The molecule has 2 heteroatoms. The van der Waals surface area contributed by atoms with E-state index < -0.39 is 11.0 Å². The molecule has 0 fully saturated rings. The van der Waals surface area contributed by atoms with E-state index in [9.17, 15) is 4.79 Å². The summed E-state index contributed by atoms with van der Waals surface area (Å²) in [6.07, 6.45) is 0. The second-order valence-corrected chi connectivity index (χ2v) is 8.82. The lowest BCUT2D eigenvalue weighted by molar-refractivity contribution is -0.170. The van der Waals surface area contributed by atoms with E-state index in [4.69, 9.17) is 4.74 Å². The molecule has 1 aliphatic carbocycles. The second kappa shape index (κ2) is 5.95. The molecule has 3 aromatic carbocycles. The van der Waals surface area contributed by atoms with E-state index >= 15 is 0 Å². The number of ether oxygens (including phenoxy) is 1. The number of carbonyl (C=O) groups is 1. The van der Waals surface area contributed by atoms with Crippen molar-refractivity contribution in [2.45, 2.75) is 40.2 Å². The average Bonchev–Trinajstić information content (AvgIpc) is 2.90. The number of carbonyl (C=O) groups excluding carboxylic acids is 1. The van der Waals surface area contributed by atoms with Crippen LogP contribution in [-0.2, 0) is 15.1 Å². The maximum Gasteiger partial charge on any atom is 0.312 e. The molecule has 0 heterocycles. The standard InChI is InChI=1S/C25H26O2/c1-16(2)25(27-23(26)24(3,4)5)21-13-9-8-12-19(21)20-14-17-10-6-7-11-18(17)15-22(20)25/h6-16H,1-5H3. The lowest BCUT2D eigenvalue weighted by Crippen LogP contribution is -2.40. The van der Waals surface area contributed by atoms with Gasteiger partial charge in [-0.3, -0.25) is 4.79 Å². The highest BCUT2D eigenvalue weighted by molar-refractivity contribution is 5.94. The van der Waals surface area contributed by atoms with Gasteiger partial charge in [0.2, 0.25) is 0 Å². The van der Waals surface area contributed by atoms with Crippen LogP contribution in [0.3, 0.4) is 0 Å². The summed E-state index contributed by atoms with van der Waals surface area (Å²) in [7, 11) is 0. The minimum atomic E-state index is -0.764. The SMILES string of the molecule is CC(C)C1(OC(=O)C(C)(C)C)c2ccccc2-c2cc3ccccc3cc21. The summed E-state index contributed by atoms with van der Waals surface area (Å²) in [6.45, 7) is 10.00. The fourth-order valence-corrected chi connectivity index (χ4v) is 4.11. The van der Waals surface area contributed by atoms with Crippen LogP contribution in [0.2, 0.25) is 0 Å². The van der Waals surface area contributed by atoms with Gasteiger partial charge in [0.15, 0.2) is 5.60 Å². The number of esters is 1. The van der Waals surface area contributed by atoms with Crippen molar-refractivity contribution < 1.29 is 9.53 Å². The molecule has 0 saturated carbocycles. The Morgan fingerprint density at radius 3 is 2.07 bits per heavy atom. The van der Waals surface area contributed by atoms with Crippen molar-refractivity contribution in [2.24, 2.45) is 11.3 Å². The lowest BCUT2D eigenvalue weighted by Gasteiger charge is -2.37. The van der Waals surface area contributed by atoms with Gasteiger partial charge in [-0.15, -0.1) is 0 Å². The zero-order chi connectivity index (χ0) is 19.4. The van der Waals surface area contributed by atoms with E-state index in [1.165, 1.54) is 16.3 Å². The highest BCUT2D eigenvalue weighted by Crippen LogP contribution is 2.54. The molecular formula is C25H26O2. The van der Waals surface area contributed by atoms with Crippen LogP contribution in [0.15, 0.2) is 60.7 Å². The molecule has 0 aromatic heterocycles. The first-order chi connectivity index (χ1) is 12.7. The number of hydrogen-bond donors (Lipinski definition) is 0. The van der Waals surface area contributed by atoms with E-state index in [-0.39, 0.29) is 11.9 Å². The molecule has 27 heavy (non-hydrogen) atoms. The molecule has 2 nitrogen and oxygen atoms in total. The molecule has 0 radical (unpaired) electrons. The second-order valence-electron chi connectivity index (χ2n) is 8.82. The first-order valence-corrected chi connectivity index (χ1v) is 9.62. The smallest absolute Gasteiger partial charge is 0.312 e. The van der Waals surface area contributed by atoms with Crippen molar-refractivity contribution in [2.75, 3.05) is 0 Å². The van der Waals surface area contributed by atoms with Gasteiger partial charge in [-0.05, 0) is 54.8 Å². The molecule has 0 aliphatic heterocycles. The highest BCUT2D eigenvalue weighted by atomic mass is 16.6. The van der Waals surface area contributed by atoms with Crippen molar-refractivity contribution in [3.63, 3.8) is 0 Å². The molecule has 1 aliphatic rings. The molecule has 4 rings (SSSR count). The predicted molar refractivity (Wildman–Crippen MR) is 111 cm³/mol. The normalized spacial score (nSPS) is 18.4. The largest absolute Gasteiger partial charge is 0.448 e. The van der Waals surface area contributed by atoms with Gasteiger partial charge in [0.05, 0.1) is 5.41 Å². The summed E-state index contributed by atoms with van der Waals surface area (Å²) < 4.78 is 6.39. The topological polar surface area (TPSA) is 26.3 Å². The third-order valence-electron chi connectivity index (χ3n) is 5.58. The van der Waals surface area contributed by atoms with Crippen LogP contribution < -0.4 is 0 Å². The van der Waals surface area contributed by atoms with Crippen LogP contribution in [0.4, 0.5) is 0 Å². The van der Waals surface area contributed by atoms with Crippen LogP contribution in [0, 0.1) is 11.3 Å². The summed E-state index contributed by atoms with van der Waals surface area (Å²) in [5.41, 5.74) is 3.18. The summed E-state index contributed by atoms with van der Waals surface area (Å²) in [4.78, 5) is 13.0. The van der Waals surface area contributed by atoms with Gasteiger partial charge in [0.1, 0.15) is 0 Å². The highest BCUT2D eigenvalue weighted by Gasteiger charge is 2.50. The van der Waals surface area contributed by atoms with Gasteiger partial charge in [-0.1, -0.05) is 62.4 Å². The third kappa shape index (κ3) is 2.58. The number of fused-ring (bicyclic) bond motifs is 4. The monoisotopic (exact) mass is 358 g/mol. The Morgan fingerprint density at radius 1 is 0.852 bits per heavy atom. The third-order valence-corrected chi connectivity index (χ3v) is 5.58. The molecule has 138 valence electrons. The lowest BCUT2D eigenvalue weighted by atomic mass is 9.80. The minimum Gasteiger partial charge on any atom is -0.448 e. The minimum absolute atomic E-state index is 0.104. The number of benzene rings is 3. The van der Waals surface area contributed by atoms with Gasteiger partial charge in [0, 0.05) is 17.0 Å². The van der Waals surface area contributed by atoms with E-state index in [0.717, 1.165) is 16.7 Å². The average molecular weight is 358 g/mol. The molecule has 3 aromatic rings. The van der Waals surface area contributed by atoms with Crippen molar-refractivity contribution in [3.05, 3.63) is 71.8 Å². The quantitative estimate of drug-likeness (QED) is 0.502. The van der Waals surface area contributed by atoms with E-state index in [1.54, 1.807) is 0 Å². The summed E-state index contributed by atoms with van der Waals surface area (Å²) in [5.74, 6) is -0.0700. The van der Waals surface area contributed by atoms with Crippen molar-refractivity contribution in [1.29, 1.82) is 0 Å². The molecule has 0 bridgehead atoms. The Kier molecular flexibility index (Phi) is 3.92. The fourth-order valence-electron chi connectivity index (χ4n) is 4.11. The van der Waals surface area contributed by atoms with Gasteiger partial charge in [-0.25, -0.2) is 0 Å². The Hall–Kier alpha value is -2.61. The van der Waals surface area contributed by atoms with Crippen LogP contribution in [-0.4, -0.2) is 5.97 Å². The van der Waals surface area contributed by atoms with Gasteiger partial charge in [-0.2, -0.15) is 0 Å². The molecular weight excluding hydrogens is 332 g/mol. The number of rotatable bonds is 2. The maximum atomic E-state index is 13.0. The molecule has 0 amide bonds. The van der Waals surface area contributed by atoms with Crippen molar-refractivity contribution >= 4 is 16.7 Å². The van der Waals surface area contributed by atoms with Gasteiger partial charge >= 0.3 is 5.97 Å². The Bertz CT molecular complexity index is 1040. The van der Waals surface area contributed by atoms with E-state index in [1.807, 2.05) is 26.8 Å². The van der Waals surface area contributed by atoms with Gasteiger partial charge in [0.25, 0.3) is 0 Å². The maximum absolute atomic E-state index is 13.0. The summed E-state index contributed by atoms with van der Waals surface area (Å²) in [5, 5.41) is 2.37. The van der Waals surface area contributed by atoms with Crippen LogP contribution in [0.25, 0.3) is 21.9 Å². The van der Waals surface area contributed by atoms with Gasteiger partial charge < -0.3 is 4.74 Å². The number of hydrogen-bond acceptors (Lipinski definition) is 2. The molecule has 1 unspecified atom stereocenters. The fraction of sp³-hybridized carbons (Fsp3) is 0.320. The Balaban J connectivity index is 2.04. The first-order valence-electron chi connectivity index (χ1n) is 9.62. The van der Waals surface area contributed by atoms with Crippen molar-refractivity contribution in [1.82, 2.24) is 0 Å². The molecule has 0 spiro atoms. The Morgan fingerprint density at radius 2 is 1.44 bits per heavy atom. The van der Waals surface area contributed by atoms with Crippen LogP contribution >= 0.6 is 0 Å². The molecule has 0 N–H and O–H groups in total. The Labute approximate surface area is 161 Å². The summed E-state index contributed by atoms with van der Waals surface area (Å²) in [6, 6.07) is 21.1. The van der Waals surface area contributed by atoms with Crippen molar-refractivity contribution in [3.8, 4) is 11.1 Å². The van der Waals surface area contributed by atoms with E-state index in [0.29, 0.717) is 0 Å².